The third kappa shape index (κ3) is 3.50. The Kier molecular flexibility index (Phi) is 4.64. The van der Waals surface area contributed by atoms with Crippen molar-refractivity contribution in [3.8, 4) is 11.3 Å². The summed E-state index contributed by atoms with van der Waals surface area (Å²) in [7, 11) is 0. The number of benzene rings is 2. The molecule has 8 heteroatoms. The van der Waals surface area contributed by atoms with Gasteiger partial charge in [-0.25, -0.2) is 4.98 Å². The number of hydrogen-bond acceptors (Lipinski definition) is 3. The first-order chi connectivity index (χ1) is 13.4. The summed E-state index contributed by atoms with van der Waals surface area (Å²) in [5.41, 5.74) is 0.865. The second kappa shape index (κ2) is 7.12. The van der Waals surface area contributed by atoms with Crippen LogP contribution in [-0.4, -0.2) is 15.3 Å². The first-order valence-corrected chi connectivity index (χ1v) is 9.27. The molecule has 0 atom stereocenters. The number of amides is 1. The minimum Gasteiger partial charge on any atom is -0.347 e. The summed E-state index contributed by atoms with van der Waals surface area (Å²) in [6.07, 6.45) is -2.78. The molecule has 2 aromatic heterocycles. The quantitative estimate of drug-likeness (QED) is 0.522. The van der Waals surface area contributed by atoms with E-state index in [0.717, 1.165) is 17.7 Å². The Bertz CT molecular complexity index is 1130. The number of fused-ring (bicyclic) bond motifs is 1. The molecule has 1 amide bonds. The van der Waals surface area contributed by atoms with Crippen molar-refractivity contribution in [1.82, 2.24) is 14.7 Å². The first-order valence-electron chi connectivity index (χ1n) is 8.39. The number of alkyl halides is 3. The normalized spacial score (nSPS) is 11.7. The molecular formula is C20H14F3N3OS. The van der Waals surface area contributed by atoms with Gasteiger partial charge in [-0.1, -0.05) is 42.5 Å². The molecule has 28 heavy (non-hydrogen) atoms. The molecule has 4 aromatic rings. The smallest absolute Gasteiger partial charge is 0.347 e. The molecule has 4 nitrogen and oxygen atoms in total. The molecule has 0 saturated heterocycles. The topological polar surface area (TPSA) is 46.4 Å². The third-order valence-corrected chi connectivity index (χ3v) is 4.99. The second-order valence-corrected chi connectivity index (χ2v) is 6.98. The summed E-state index contributed by atoms with van der Waals surface area (Å²) in [6.45, 7) is 0.298. The van der Waals surface area contributed by atoms with Gasteiger partial charge < -0.3 is 5.32 Å². The summed E-state index contributed by atoms with van der Waals surface area (Å²) < 4.78 is 41.0. The van der Waals surface area contributed by atoms with Crippen molar-refractivity contribution in [1.29, 1.82) is 0 Å². The summed E-state index contributed by atoms with van der Waals surface area (Å²) in [4.78, 5) is 17.6. The van der Waals surface area contributed by atoms with E-state index >= 15 is 0 Å². The van der Waals surface area contributed by atoms with Gasteiger partial charge in [-0.15, -0.1) is 11.3 Å². The number of imidazole rings is 1. The lowest BCUT2D eigenvalue weighted by atomic mass is 10.1. The number of nitrogens with one attached hydrogen (secondary N) is 1. The van der Waals surface area contributed by atoms with Gasteiger partial charge in [-0.3, -0.25) is 9.20 Å². The monoisotopic (exact) mass is 401 g/mol. The van der Waals surface area contributed by atoms with Crippen LogP contribution in [-0.2, 0) is 12.7 Å². The molecule has 0 aliphatic heterocycles. The molecule has 0 aliphatic carbocycles. The van der Waals surface area contributed by atoms with Crippen molar-refractivity contribution in [3.05, 3.63) is 83.0 Å². The average Bonchev–Trinajstić information content (AvgIpc) is 3.27. The van der Waals surface area contributed by atoms with Crippen LogP contribution in [0.4, 0.5) is 13.2 Å². The Morgan fingerprint density at radius 1 is 1.11 bits per heavy atom. The van der Waals surface area contributed by atoms with Gasteiger partial charge in [-0.05, 0) is 17.7 Å². The number of carbonyl (C=O) groups excluding carboxylic acids is 1. The standard InChI is InChI=1S/C20H14F3N3OS/c21-20(22,23)15-8-4-7-14(11-15)17-16(25-19-26(17)9-10-28-19)18(27)24-12-13-5-2-1-3-6-13/h1-11H,12H2,(H,24,27). The van der Waals surface area contributed by atoms with E-state index in [-0.39, 0.29) is 11.3 Å². The molecule has 0 spiro atoms. The van der Waals surface area contributed by atoms with E-state index in [4.69, 9.17) is 0 Å². The number of rotatable bonds is 4. The number of carbonyl (C=O) groups is 1. The van der Waals surface area contributed by atoms with Gasteiger partial charge in [0.15, 0.2) is 10.7 Å². The van der Waals surface area contributed by atoms with E-state index in [9.17, 15) is 18.0 Å². The molecule has 0 fully saturated rings. The van der Waals surface area contributed by atoms with E-state index in [1.165, 1.54) is 17.4 Å². The van der Waals surface area contributed by atoms with Crippen LogP contribution in [0, 0.1) is 0 Å². The fourth-order valence-electron chi connectivity index (χ4n) is 2.92. The van der Waals surface area contributed by atoms with Gasteiger partial charge in [0.25, 0.3) is 5.91 Å². The second-order valence-electron chi connectivity index (χ2n) is 6.11. The van der Waals surface area contributed by atoms with Gasteiger partial charge >= 0.3 is 6.18 Å². The van der Waals surface area contributed by atoms with Crippen LogP contribution in [0.5, 0.6) is 0 Å². The summed E-state index contributed by atoms with van der Waals surface area (Å²) in [5, 5.41) is 4.56. The molecule has 0 saturated carbocycles. The highest BCUT2D eigenvalue weighted by Crippen LogP contribution is 2.34. The Balaban J connectivity index is 1.72. The highest BCUT2D eigenvalue weighted by Gasteiger charge is 2.31. The largest absolute Gasteiger partial charge is 0.416 e. The third-order valence-electron chi connectivity index (χ3n) is 4.24. The molecule has 4 rings (SSSR count). The number of aromatic nitrogens is 2. The molecule has 2 heterocycles. The fourth-order valence-corrected chi connectivity index (χ4v) is 3.64. The van der Waals surface area contributed by atoms with Gasteiger partial charge in [0.05, 0.1) is 11.3 Å². The van der Waals surface area contributed by atoms with Crippen molar-refractivity contribution < 1.29 is 18.0 Å². The van der Waals surface area contributed by atoms with Crippen molar-refractivity contribution in [2.24, 2.45) is 0 Å². The van der Waals surface area contributed by atoms with E-state index < -0.39 is 17.6 Å². The Morgan fingerprint density at radius 3 is 2.64 bits per heavy atom. The number of thiazole rings is 1. The van der Waals surface area contributed by atoms with E-state index in [0.29, 0.717) is 17.2 Å². The van der Waals surface area contributed by atoms with Crippen LogP contribution in [0.1, 0.15) is 21.6 Å². The molecule has 0 unspecified atom stereocenters. The zero-order valence-corrected chi connectivity index (χ0v) is 15.2. The van der Waals surface area contributed by atoms with Gasteiger partial charge in [0.1, 0.15) is 0 Å². The average molecular weight is 401 g/mol. The maximum Gasteiger partial charge on any atom is 0.416 e. The van der Waals surface area contributed by atoms with Gasteiger partial charge in [0.2, 0.25) is 0 Å². The molecular weight excluding hydrogens is 387 g/mol. The van der Waals surface area contributed by atoms with Crippen molar-refractivity contribution in [3.63, 3.8) is 0 Å². The predicted octanol–water partition coefficient (Wildman–Crippen LogP) is 5.01. The van der Waals surface area contributed by atoms with Crippen LogP contribution in [0.3, 0.4) is 0 Å². The fraction of sp³-hybridized carbons (Fsp3) is 0.100. The Labute approximate surface area is 162 Å². The molecule has 0 aliphatic rings. The number of halogens is 3. The van der Waals surface area contributed by atoms with Crippen LogP contribution >= 0.6 is 11.3 Å². The Morgan fingerprint density at radius 2 is 1.89 bits per heavy atom. The van der Waals surface area contributed by atoms with Crippen molar-refractivity contribution in [2.45, 2.75) is 12.7 Å². The minimum absolute atomic E-state index is 0.0992. The van der Waals surface area contributed by atoms with Crippen LogP contribution < -0.4 is 5.32 Å². The SMILES string of the molecule is O=C(NCc1ccccc1)c1nc2sccn2c1-c1cccc(C(F)(F)F)c1. The van der Waals surface area contributed by atoms with Crippen LogP contribution in [0.25, 0.3) is 16.2 Å². The van der Waals surface area contributed by atoms with E-state index in [1.807, 2.05) is 30.3 Å². The lowest BCUT2D eigenvalue weighted by Gasteiger charge is -2.10. The summed E-state index contributed by atoms with van der Waals surface area (Å²) in [5.74, 6) is -0.438. The molecule has 142 valence electrons. The maximum absolute atomic E-state index is 13.1. The molecule has 0 radical (unpaired) electrons. The van der Waals surface area contributed by atoms with Crippen molar-refractivity contribution in [2.75, 3.05) is 0 Å². The number of hydrogen-bond donors (Lipinski definition) is 1. The van der Waals surface area contributed by atoms with E-state index in [1.54, 1.807) is 22.0 Å². The Hall–Kier alpha value is -3.13. The van der Waals surface area contributed by atoms with Gasteiger partial charge in [-0.2, -0.15) is 13.2 Å². The first kappa shape index (κ1) is 18.2. The predicted molar refractivity (Wildman–Crippen MR) is 101 cm³/mol. The highest BCUT2D eigenvalue weighted by molar-refractivity contribution is 7.15. The lowest BCUT2D eigenvalue weighted by molar-refractivity contribution is -0.137. The summed E-state index contributed by atoms with van der Waals surface area (Å²) in [6, 6.07) is 14.3. The zero-order chi connectivity index (χ0) is 19.7. The van der Waals surface area contributed by atoms with Gasteiger partial charge in [0, 0.05) is 23.7 Å². The molecule has 1 N–H and O–H groups in total. The summed E-state index contributed by atoms with van der Waals surface area (Å²) >= 11 is 1.31. The van der Waals surface area contributed by atoms with E-state index in [2.05, 4.69) is 10.3 Å². The molecule has 0 bridgehead atoms. The number of nitrogens with zero attached hydrogens (tertiary/aromatic N) is 2. The minimum atomic E-state index is -4.47. The van der Waals surface area contributed by atoms with Crippen LogP contribution in [0.15, 0.2) is 66.2 Å². The lowest BCUT2D eigenvalue weighted by Crippen LogP contribution is -2.23. The maximum atomic E-state index is 13.1. The highest BCUT2D eigenvalue weighted by atomic mass is 32.1. The van der Waals surface area contributed by atoms with Crippen LogP contribution in [0.2, 0.25) is 0 Å². The molecule has 2 aromatic carbocycles. The van der Waals surface area contributed by atoms with Crippen molar-refractivity contribution >= 4 is 22.2 Å². The zero-order valence-electron chi connectivity index (χ0n) is 14.4.